The molecular weight excluding hydrogens is 515 g/mol. The lowest BCUT2D eigenvalue weighted by molar-refractivity contribution is -0.140. The first kappa shape index (κ1) is 25.6. The fourth-order valence-electron chi connectivity index (χ4n) is 4.54. The molecule has 0 radical (unpaired) electrons. The third kappa shape index (κ3) is 4.35. The Labute approximate surface area is 212 Å². The summed E-state index contributed by atoms with van der Waals surface area (Å²) < 4.78 is 78.9. The number of fused-ring (bicyclic) bond motifs is 2. The van der Waals surface area contributed by atoms with Gasteiger partial charge in [-0.2, -0.15) is 4.98 Å². The lowest BCUT2D eigenvalue weighted by atomic mass is 10.0. The molecule has 1 aliphatic rings. The van der Waals surface area contributed by atoms with E-state index in [1.54, 1.807) is 6.07 Å². The van der Waals surface area contributed by atoms with Gasteiger partial charge >= 0.3 is 0 Å². The minimum atomic E-state index is -3.26. The van der Waals surface area contributed by atoms with Gasteiger partial charge in [0.15, 0.2) is 5.82 Å². The van der Waals surface area contributed by atoms with Crippen LogP contribution in [-0.2, 0) is 4.79 Å². The SMILES string of the molecule is COc1nc(N[C@@H]2CCN(C(C)=O)CC2(F)F)nn2cc(F)c(-c3ccc4nnn([C@@H](C)C(F)F)c4c3)c12. The lowest BCUT2D eigenvalue weighted by Gasteiger charge is -2.38. The zero-order chi connectivity index (χ0) is 27.4. The number of rotatable bonds is 6. The van der Waals surface area contributed by atoms with Crippen LogP contribution in [0.4, 0.5) is 27.9 Å². The number of hydrogen-bond donors (Lipinski definition) is 1. The number of nitrogens with one attached hydrogen (secondary N) is 1. The summed E-state index contributed by atoms with van der Waals surface area (Å²) in [7, 11) is 1.28. The van der Waals surface area contributed by atoms with E-state index in [0.29, 0.717) is 11.1 Å². The first-order valence-electron chi connectivity index (χ1n) is 11.7. The van der Waals surface area contributed by atoms with Crippen LogP contribution < -0.4 is 10.1 Å². The molecule has 0 unspecified atom stereocenters. The number of likely N-dealkylation sites (tertiary alicyclic amines) is 1. The number of carbonyl (C=O) groups excluding carboxylic acids is 1. The van der Waals surface area contributed by atoms with Crippen LogP contribution in [-0.4, -0.2) is 79.0 Å². The number of halogens is 5. The van der Waals surface area contributed by atoms with Crippen LogP contribution >= 0.6 is 0 Å². The summed E-state index contributed by atoms with van der Waals surface area (Å²) in [5.74, 6) is -4.75. The van der Waals surface area contributed by atoms with Crippen molar-refractivity contribution in [2.24, 2.45) is 0 Å². The molecule has 1 aromatic carbocycles. The smallest absolute Gasteiger partial charge is 0.285 e. The van der Waals surface area contributed by atoms with E-state index in [4.69, 9.17) is 4.74 Å². The molecular formula is C23H23F5N8O2. The molecule has 3 aromatic heterocycles. The minimum absolute atomic E-state index is 0.0212. The Morgan fingerprint density at radius 3 is 2.71 bits per heavy atom. The van der Waals surface area contributed by atoms with Gasteiger partial charge in [0.05, 0.1) is 37.0 Å². The standard InChI is InChI=1S/C23H23F5N8O2/c1-11(20(25)26)36-16-8-13(4-5-15(16)31-33-36)18-14(24)9-35-19(18)21(38-3)30-22(32-35)29-17-6-7-34(12(2)37)10-23(17,27)28/h4-5,8-9,11,17,20H,6-7,10H2,1-3H3,(H,29,32)/t11-,17+/m0/s1. The summed E-state index contributed by atoms with van der Waals surface area (Å²) in [5, 5.41) is 14.4. The summed E-state index contributed by atoms with van der Waals surface area (Å²) >= 11 is 0. The maximum Gasteiger partial charge on any atom is 0.285 e. The van der Waals surface area contributed by atoms with Gasteiger partial charge in [0.25, 0.3) is 12.3 Å². The number of hydrogen-bond acceptors (Lipinski definition) is 7. The Balaban J connectivity index is 1.54. The van der Waals surface area contributed by atoms with Gasteiger partial charge in [0.2, 0.25) is 17.7 Å². The van der Waals surface area contributed by atoms with Crippen molar-refractivity contribution in [1.82, 2.24) is 34.5 Å². The van der Waals surface area contributed by atoms with Crippen LogP contribution in [0.15, 0.2) is 24.4 Å². The highest BCUT2D eigenvalue weighted by atomic mass is 19.3. The van der Waals surface area contributed by atoms with Crippen molar-refractivity contribution < 1.29 is 31.5 Å². The molecule has 1 N–H and O–H groups in total. The number of alkyl halides is 4. The van der Waals surface area contributed by atoms with Crippen molar-refractivity contribution in [3.05, 3.63) is 30.2 Å². The number of ether oxygens (including phenoxy) is 1. The maximum absolute atomic E-state index is 15.3. The number of benzene rings is 1. The minimum Gasteiger partial charge on any atom is -0.479 e. The van der Waals surface area contributed by atoms with E-state index in [1.807, 2.05) is 0 Å². The van der Waals surface area contributed by atoms with E-state index in [-0.39, 0.29) is 41.4 Å². The zero-order valence-electron chi connectivity index (χ0n) is 20.5. The second kappa shape index (κ2) is 9.36. The van der Waals surface area contributed by atoms with Crippen LogP contribution in [0.2, 0.25) is 0 Å². The molecule has 202 valence electrons. The average molecular weight is 538 g/mol. The van der Waals surface area contributed by atoms with Crippen molar-refractivity contribution in [3.8, 4) is 17.0 Å². The molecule has 0 spiro atoms. The number of methoxy groups -OCH3 is 1. The molecule has 10 nitrogen and oxygen atoms in total. The Bertz CT molecular complexity index is 1520. The first-order valence-corrected chi connectivity index (χ1v) is 11.7. The Kier molecular flexibility index (Phi) is 6.31. The van der Waals surface area contributed by atoms with E-state index in [0.717, 1.165) is 20.3 Å². The Morgan fingerprint density at radius 2 is 2.05 bits per heavy atom. The molecule has 2 atom stereocenters. The van der Waals surface area contributed by atoms with E-state index in [1.165, 1.54) is 33.1 Å². The second-order valence-electron chi connectivity index (χ2n) is 9.09. The van der Waals surface area contributed by atoms with Crippen LogP contribution in [0, 0.1) is 5.82 Å². The maximum atomic E-state index is 15.3. The average Bonchev–Trinajstić information content (AvgIpc) is 3.43. The van der Waals surface area contributed by atoms with Crippen molar-refractivity contribution in [1.29, 1.82) is 0 Å². The fourth-order valence-corrected chi connectivity index (χ4v) is 4.54. The summed E-state index contributed by atoms with van der Waals surface area (Å²) in [6, 6.07) is 1.90. The number of amides is 1. The van der Waals surface area contributed by atoms with Gasteiger partial charge in [-0.25, -0.2) is 31.1 Å². The first-order chi connectivity index (χ1) is 18.0. The number of nitrogens with zero attached hydrogens (tertiary/aromatic N) is 7. The molecule has 0 bridgehead atoms. The van der Waals surface area contributed by atoms with Crippen LogP contribution in [0.1, 0.15) is 26.3 Å². The molecule has 38 heavy (non-hydrogen) atoms. The van der Waals surface area contributed by atoms with Gasteiger partial charge in [-0.3, -0.25) is 4.79 Å². The molecule has 1 amide bonds. The normalized spacial score (nSPS) is 18.3. The van der Waals surface area contributed by atoms with Crippen molar-refractivity contribution in [3.63, 3.8) is 0 Å². The molecule has 1 fully saturated rings. The number of carbonyl (C=O) groups is 1. The Hall–Kier alpha value is -4.04. The third-order valence-corrected chi connectivity index (χ3v) is 6.60. The van der Waals surface area contributed by atoms with Gasteiger partial charge < -0.3 is 15.0 Å². The molecule has 15 heteroatoms. The quantitative estimate of drug-likeness (QED) is 0.373. The largest absolute Gasteiger partial charge is 0.479 e. The molecule has 0 aliphatic carbocycles. The molecule has 0 saturated carbocycles. The third-order valence-electron chi connectivity index (χ3n) is 6.60. The van der Waals surface area contributed by atoms with Gasteiger partial charge in [-0.1, -0.05) is 11.3 Å². The van der Waals surface area contributed by atoms with Crippen LogP contribution in [0.5, 0.6) is 5.88 Å². The summed E-state index contributed by atoms with van der Waals surface area (Å²) in [6.45, 7) is 1.90. The number of aromatic nitrogens is 6. The van der Waals surface area contributed by atoms with Crippen molar-refractivity contribution in [2.75, 3.05) is 25.5 Å². The van der Waals surface area contributed by atoms with Gasteiger partial charge in [-0.15, -0.1) is 10.2 Å². The molecule has 1 saturated heterocycles. The molecule has 4 heterocycles. The van der Waals surface area contributed by atoms with Gasteiger partial charge in [0, 0.05) is 13.5 Å². The summed E-state index contributed by atoms with van der Waals surface area (Å²) in [4.78, 5) is 16.8. The van der Waals surface area contributed by atoms with Gasteiger partial charge in [-0.05, 0) is 31.0 Å². The van der Waals surface area contributed by atoms with Crippen molar-refractivity contribution >= 4 is 28.4 Å². The Morgan fingerprint density at radius 1 is 1.29 bits per heavy atom. The highest BCUT2D eigenvalue weighted by Crippen LogP contribution is 2.36. The highest BCUT2D eigenvalue weighted by molar-refractivity contribution is 5.89. The van der Waals surface area contributed by atoms with E-state index >= 15 is 4.39 Å². The number of anilines is 1. The van der Waals surface area contributed by atoms with E-state index < -0.39 is 42.7 Å². The number of piperidine rings is 1. The predicted octanol–water partition coefficient (Wildman–Crippen LogP) is 3.78. The topological polar surface area (TPSA) is 102 Å². The second-order valence-corrected chi connectivity index (χ2v) is 9.09. The van der Waals surface area contributed by atoms with Crippen LogP contribution in [0.25, 0.3) is 27.7 Å². The lowest BCUT2D eigenvalue weighted by Crippen LogP contribution is -2.55. The fraction of sp³-hybridized carbons (Fsp3) is 0.435. The molecule has 5 rings (SSSR count). The monoisotopic (exact) mass is 538 g/mol. The molecule has 4 aromatic rings. The summed E-state index contributed by atoms with van der Waals surface area (Å²) in [6.07, 6.45) is -1.71. The van der Waals surface area contributed by atoms with E-state index in [9.17, 15) is 22.4 Å². The van der Waals surface area contributed by atoms with E-state index in [2.05, 4.69) is 25.7 Å². The van der Waals surface area contributed by atoms with Crippen molar-refractivity contribution in [2.45, 2.75) is 44.7 Å². The predicted molar refractivity (Wildman–Crippen MR) is 126 cm³/mol. The molecule has 1 aliphatic heterocycles. The van der Waals surface area contributed by atoms with Gasteiger partial charge in [0.1, 0.15) is 17.1 Å². The zero-order valence-corrected chi connectivity index (χ0v) is 20.5. The highest BCUT2D eigenvalue weighted by Gasteiger charge is 2.46. The van der Waals surface area contributed by atoms with Crippen LogP contribution in [0.3, 0.4) is 0 Å². The summed E-state index contributed by atoms with van der Waals surface area (Å²) in [5.41, 5.74) is 1.04.